The van der Waals surface area contributed by atoms with Crippen LogP contribution in [0.3, 0.4) is 0 Å². The second-order valence-electron chi connectivity index (χ2n) is 4.15. The molecule has 1 aliphatic rings. The molecule has 0 bridgehead atoms. The molecule has 0 aromatic rings. The average molecular weight is 228 g/mol. The molecule has 0 amide bonds. The van der Waals surface area contributed by atoms with E-state index >= 15 is 0 Å². The molecule has 0 aromatic carbocycles. The summed E-state index contributed by atoms with van der Waals surface area (Å²) in [7, 11) is 0. The summed E-state index contributed by atoms with van der Waals surface area (Å²) in [5.41, 5.74) is 0. The van der Waals surface area contributed by atoms with Gasteiger partial charge in [-0.1, -0.05) is 13.8 Å². The Balaban J connectivity index is 2.45. The summed E-state index contributed by atoms with van der Waals surface area (Å²) in [4.78, 5) is 16.4. The van der Waals surface area contributed by atoms with Crippen LogP contribution >= 0.6 is 0 Å². The first-order valence-electron chi connectivity index (χ1n) is 6.35. The smallest absolute Gasteiger partial charge is 0.323 e. The van der Waals surface area contributed by atoms with E-state index in [1.54, 1.807) is 0 Å². The highest BCUT2D eigenvalue weighted by molar-refractivity contribution is 5.75. The van der Waals surface area contributed by atoms with Crippen molar-refractivity contribution in [1.29, 1.82) is 0 Å². The summed E-state index contributed by atoms with van der Waals surface area (Å²) in [5, 5.41) is 0. The van der Waals surface area contributed by atoms with E-state index in [2.05, 4.69) is 16.7 Å². The largest absolute Gasteiger partial charge is 0.465 e. The summed E-state index contributed by atoms with van der Waals surface area (Å²) >= 11 is 0. The molecule has 4 heteroatoms. The van der Waals surface area contributed by atoms with E-state index in [0.717, 1.165) is 39.1 Å². The number of ether oxygens (including phenoxy) is 1. The number of hydrogen-bond donors (Lipinski definition) is 0. The molecular formula is C12H24N2O2. The molecule has 1 atom stereocenters. The number of likely N-dealkylation sites (N-methyl/N-ethyl adjacent to an activating group) is 1. The first-order valence-corrected chi connectivity index (χ1v) is 6.35. The standard InChI is InChI=1S/C12H24N2O2/c1-4-11(12(15)16-6-3)14-9-7-13(5-2)8-10-14/h11H,4-10H2,1-3H3. The summed E-state index contributed by atoms with van der Waals surface area (Å²) < 4.78 is 5.11. The Hall–Kier alpha value is -0.610. The molecule has 1 heterocycles. The minimum atomic E-state index is -0.0602. The molecule has 0 aliphatic carbocycles. The first-order chi connectivity index (χ1) is 7.72. The van der Waals surface area contributed by atoms with Crippen LogP contribution in [0.5, 0.6) is 0 Å². The van der Waals surface area contributed by atoms with Gasteiger partial charge >= 0.3 is 5.97 Å². The summed E-state index contributed by atoms with van der Waals surface area (Å²) in [6.45, 7) is 11.7. The molecular weight excluding hydrogens is 204 g/mol. The first kappa shape index (κ1) is 13.5. The van der Waals surface area contributed by atoms with Gasteiger partial charge in [0, 0.05) is 26.2 Å². The maximum atomic E-state index is 11.7. The van der Waals surface area contributed by atoms with E-state index in [1.165, 1.54) is 0 Å². The van der Waals surface area contributed by atoms with Gasteiger partial charge in [0.2, 0.25) is 0 Å². The van der Waals surface area contributed by atoms with Crippen molar-refractivity contribution in [2.24, 2.45) is 0 Å². The zero-order valence-electron chi connectivity index (χ0n) is 10.7. The Bertz CT molecular complexity index is 213. The Morgan fingerprint density at radius 2 is 1.81 bits per heavy atom. The third-order valence-corrected chi connectivity index (χ3v) is 3.24. The maximum absolute atomic E-state index is 11.7. The molecule has 94 valence electrons. The van der Waals surface area contributed by atoms with Crippen LogP contribution in [0.1, 0.15) is 27.2 Å². The van der Waals surface area contributed by atoms with Crippen LogP contribution in [-0.2, 0) is 9.53 Å². The highest BCUT2D eigenvalue weighted by atomic mass is 16.5. The number of carbonyl (C=O) groups is 1. The van der Waals surface area contributed by atoms with Gasteiger partial charge in [-0.15, -0.1) is 0 Å². The van der Waals surface area contributed by atoms with E-state index in [1.807, 2.05) is 13.8 Å². The van der Waals surface area contributed by atoms with Gasteiger partial charge in [-0.05, 0) is 19.9 Å². The van der Waals surface area contributed by atoms with Crippen molar-refractivity contribution in [2.45, 2.75) is 33.2 Å². The predicted octanol–water partition coefficient (Wildman–Crippen LogP) is 0.966. The topological polar surface area (TPSA) is 32.8 Å². The van der Waals surface area contributed by atoms with Crippen LogP contribution in [0, 0.1) is 0 Å². The van der Waals surface area contributed by atoms with Gasteiger partial charge < -0.3 is 9.64 Å². The predicted molar refractivity (Wildman–Crippen MR) is 64.4 cm³/mol. The molecule has 0 aromatic heterocycles. The molecule has 0 radical (unpaired) electrons. The summed E-state index contributed by atoms with van der Waals surface area (Å²) in [6, 6.07) is -0.0426. The van der Waals surface area contributed by atoms with Crippen LogP contribution < -0.4 is 0 Å². The molecule has 0 N–H and O–H groups in total. The number of piperazine rings is 1. The van der Waals surface area contributed by atoms with Crippen molar-refractivity contribution in [1.82, 2.24) is 9.80 Å². The molecule has 1 aliphatic heterocycles. The van der Waals surface area contributed by atoms with E-state index in [4.69, 9.17) is 4.74 Å². The van der Waals surface area contributed by atoms with Gasteiger partial charge in [0.05, 0.1) is 6.61 Å². The minimum Gasteiger partial charge on any atom is -0.465 e. The van der Waals surface area contributed by atoms with Gasteiger partial charge in [0.1, 0.15) is 6.04 Å². The van der Waals surface area contributed by atoms with Crippen molar-refractivity contribution in [3.05, 3.63) is 0 Å². The monoisotopic (exact) mass is 228 g/mol. The fourth-order valence-electron chi connectivity index (χ4n) is 2.20. The van der Waals surface area contributed by atoms with Gasteiger partial charge in [-0.2, -0.15) is 0 Å². The molecule has 4 nitrogen and oxygen atoms in total. The minimum absolute atomic E-state index is 0.0426. The van der Waals surface area contributed by atoms with Crippen molar-refractivity contribution in [3.8, 4) is 0 Å². The lowest BCUT2D eigenvalue weighted by Crippen LogP contribution is -2.52. The van der Waals surface area contributed by atoms with Gasteiger partial charge in [0.25, 0.3) is 0 Å². The summed E-state index contributed by atoms with van der Waals surface area (Å²) in [6.07, 6.45) is 0.838. The number of hydrogen-bond acceptors (Lipinski definition) is 4. The molecule has 1 unspecified atom stereocenters. The van der Waals surface area contributed by atoms with Crippen LogP contribution in [0.15, 0.2) is 0 Å². The van der Waals surface area contributed by atoms with Crippen LogP contribution in [0.4, 0.5) is 0 Å². The highest BCUT2D eigenvalue weighted by Gasteiger charge is 2.27. The lowest BCUT2D eigenvalue weighted by molar-refractivity contribution is -0.150. The van der Waals surface area contributed by atoms with Crippen LogP contribution in [-0.4, -0.2) is 61.1 Å². The molecule has 16 heavy (non-hydrogen) atoms. The van der Waals surface area contributed by atoms with Crippen molar-refractivity contribution in [2.75, 3.05) is 39.3 Å². The SMILES string of the molecule is CCOC(=O)C(CC)N1CCN(CC)CC1. The third-order valence-electron chi connectivity index (χ3n) is 3.24. The van der Waals surface area contributed by atoms with Crippen molar-refractivity contribution < 1.29 is 9.53 Å². The van der Waals surface area contributed by atoms with Crippen molar-refractivity contribution >= 4 is 5.97 Å². The Morgan fingerprint density at radius 1 is 1.19 bits per heavy atom. The lowest BCUT2D eigenvalue weighted by atomic mass is 10.1. The zero-order valence-corrected chi connectivity index (χ0v) is 10.7. The average Bonchev–Trinajstić information content (AvgIpc) is 2.31. The summed E-state index contributed by atoms with van der Waals surface area (Å²) in [5.74, 6) is -0.0602. The van der Waals surface area contributed by atoms with Gasteiger partial charge in [0.15, 0.2) is 0 Å². The fourth-order valence-corrected chi connectivity index (χ4v) is 2.20. The number of rotatable bonds is 5. The zero-order chi connectivity index (χ0) is 12.0. The van der Waals surface area contributed by atoms with Crippen LogP contribution in [0.2, 0.25) is 0 Å². The Kier molecular flexibility index (Phi) is 5.77. The molecule has 1 saturated heterocycles. The second-order valence-corrected chi connectivity index (χ2v) is 4.15. The number of esters is 1. The Labute approximate surface area is 98.5 Å². The van der Waals surface area contributed by atoms with Gasteiger partial charge in [-0.3, -0.25) is 9.69 Å². The maximum Gasteiger partial charge on any atom is 0.323 e. The van der Waals surface area contributed by atoms with Crippen LogP contribution in [0.25, 0.3) is 0 Å². The third kappa shape index (κ3) is 3.46. The number of nitrogens with zero attached hydrogens (tertiary/aromatic N) is 2. The lowest BCUT2D eigenvalue weighted by Gasteiger charge is -2.37. The number of carbonyl (C=O) groups excluding carboxylic acids is 1. The molecule has 0 spiro atoms. The van der Waals surface area contributed by atoms with Gasteiger partial charge in [-0.25, -0.2) is 0 Å². The van der Waals surface area contributed by atoms with E-state index in [0.29, 0.717) is 6.61 Å². The normalized spacial score (nSPS) is 20.7. The molecule has 0 saturated carbocycles. The molecule has 1 fully saturated rings. The second kappa shape index (κ2) is 6.86. The van der Waals surface area contributed by atoms with E-state index in [-0.39, 0.29) is 12.0 Å². The highest BCUT2D eigenvalue weighted by Crippen LogP contribution is 2.10. The fraction of sp³-hybridized carbons (Fsp3) is 0.917. The van der Waals surface area contributed by atoms with E-state index < -0.39 is 0 Å². The van der Waals surface area contributed by atoms with E-state index in [9.17, 15) is 4.79 Å². The molecule has 1 rings (SSSR count). The Morgan fingerprint density at radius 3 is 2.25 bits per heavy atom. The quantitative estimate of drug-likeness (QED) is 0.656. The van der Waals surface area contributed by atoms with Crippen molar-refractivity contribution in [3.63, 3.8) is 0 Å².